The van der Waals surface area contributed by atoms with E-state index >= 15 is 0 Å². The number of carbonyl (C=O) groups is 1. The monoisotopic (exact) mass is 269 g/mol. The van der Waals surface area contributed by atoms with Gasteiger partial charge in [-0.25, -0.2) is 4.99 Å². The summed E-state index contributed by atoms with van der Waals surface area (Å²) < 4.78 is 16.5. The van der Waals surface area contributed by atoms with Gasteiger partial charge >= 0.3 is 5.97 Å². The zero-order valence-corrected chi connectivity index (χ0v) is 12.4. The van der Waals surface area contributed by atoms with Gasteiger partial charge in [0.25, 0.3) is 0 Å². The Morgan fingerprint density at radius 1 is 1.26 bits per heavy atom. The van der Waals surface area contributed by atoms with Crippen LogP contribution in [0.1, 0.15) is 33.6 Å². The van der Waals surface area contributed by atoms with Crippen molar-refractivity contribution in [3.63, 3.8) is 0 Å². The quantitative estimate of drug-likeness (QED) is 0.717. The summed E-state index contributed by atoms with van der Waals surface area (Å²) in [5.74, 6) is 0.257. The summed E-state index contributed by atoms with van der Waals surface area (Å²) in [5.41, 5.74) is -1.15. The van der Waals surface area contributed by atoms with Gasteiger partial charge in [-0.05, 0) is 12.8 Å². The lowest BCUT2D eigenvalue weighted by molar-refractivity contribution is -0.168. The fraction of sp³-hybridized carbons (Fsp3) is 0.857. The average molecular weight is 269 g/mol. The first-order valence-corrected chi connectivity index (χ1v) is 6.63. The van der Waals surface area contributed by atoms with Crippen molar-refractivity contribution in [1.82, 2.24) is 0 Å². The number of methoxy groups -OCH3 is 2. The molecule has 0 saturated heterocycles. The minimum atomic E-state index is -0.760. The van der Waals surface area contributed by atoms with E-state index in [0.29, 0.717) is 12.5 Å². The van der Waals surface area contributed by atoms with Crippen LogP contribution < -0.4 is 0 Å². The van der Waals surface area contributed by atoms with E-state index < -0.39 is 5.60 Å². The van der Waals surface area contributed by atoms with Crippen LogP contribution in [0.15, 0.2) is 4.99 Å². The minimum Gasteiger partial charge on any atom is -0.481 e. The van der Waals surface area contributed by atoms with Gasteiger partial charge in [0, 0.05) is 17.9 Å². The summed E-state index contributed by atoms with van der Waals surface area (Å²) >= 11 is 0. The number of hydrogen-bond donors (Lipinski definition) is 0. The highest BCUT2D eigenvalue weighted by Gasteiger charge is 2.67. The summed E-state index contributed by atoms with van der Waals surface area (Å²) in [5, 5.41) is 0. The van der Waals surface area contributed by atoms with Crippen molar-refractivity contribution in [1.29, 1.82) is 0 Å². The molecular formula is C14H23NO4. The normalized spacial score (nSPS) is 37.1. The third-order valence-electron chi connectivity index (χ3n) is 5.19. The van der Waals surface area contributed by atoms with E-state index in [1.165, 1.54) is 0 Å². The van der Waals surface area contributed by atoms with Crippen molar-refractivity contribution < 1.29 is 19.0 Å². The highest BCUT2D eigenvalue weighted by atomic mass is 16.6. The summed E-state index contributed by atoms with van der Waals surface area (Å²) in [6.45, 7) is 7.04. The Balaban J connectivity index is 2.47. The molecule has 0 bridgehead atoms. The highest BCUT2D eigenvalue weighted by Crippen LogP contribution is 2.60. The fourth-order valence-electron chi connectivity index (χ4n) is 3.45. The molecule has 1 spiro atoms. The van der Waals surface area contributed by atoms with E-state index in [9.17, 15) is 4.79 Å². The third-order valence-corrected chi connectivity index (χ3v) is 5.19. The Morgan fingerprint density at radius 3 is 2.53 bits per heavy atom. The number of nitrogens with zero attached hydrogens (tertiary/aromatic N) is 1. The Hall–Kier alpha value is -1.10. The molecule has 0 aromatic carbocycles. The van der Waals surface area contributed by atoms with Gasteiger partial charge in [0.15, 0.2) is 5.60 Å². The van der Waals surface area contributed by atoms with Gasteiger partial charge in [-0.3, -0.25) is 4.79 Å². The SMILES string of the molecule is COC[C@]1(C)CC[C@]2(OC(=O)CN=C2OC)C1(C)C. The van der Waals surface area contributed by atoms with Gasteiger partial charge in [0.05, 0.1) is 13.7 Å². The maximum Gasteiger partial charge on any atom is 0.328 e. The molecule has 0 aromatic rings. The van der Waals surface area contributed by atoms with Crippen molar-refractivity contribution in [2.45, 2.75) is 39.2 Å². The van der Waals surface area contributed by atoms with E-state index in [1.54, 1.807) is 14.2 Å². The molecule has 2 atom stereocenters. The zero-order chi connectivity index (χ0) is 14.3. The standard InChI is InChI=1S/C14H23NO4/c1-12(2)13(3,9-17-4)6-7-14(12)11(18-5)15-8-10(16)19-14/h6-9H2,1-5H3/t13-,14+/m0/s1. The summed E-state index contributed by atoms with van der Waals surface area (Å²) in [7, 11) is 3.28. The summed E-state index contributed by atoms with van der Waals surface area (Å²) in [6.07, 6.45) is 1.63. The van der Waals surface area contributed by atoms with Gasteiger partial charge in [-0.15, -0.1) is 0 Å². The van der Waals surface area contributed by atoms with Crippen molar-refractivity contribution >= 4 is 11.9 Å². The van der Waals surface area contributed by atoms with Crippen molar-refractivity contribution in [3.05, 3.63) is 0 Å². The minimum absolute atomic E-state index is 0.0436. The van der Waals surface area contributed by atoms with Crippen LogP contribution in [-0.4, -0.2) is 44.8 Å². The van der Waals surface area contributed by atoms with Crippen LogP contribution in [0.4, 0.5) is 0 Å². The molecule has 2 aliphatic rings. The highest BCUT2D eigenvalue weighted by molar-refractivity contribution is 5.93. The predicted molar refractivity (Wildman–Crippen MR) is 71.1 cm³/mol. The Bertz CT molecular complexity index is 418. The first kappa shape index (κ1) is 14.3. The van der Waals surface area contributed by atoms with Gasteiger partial charge < -0.3 is 14.2 Å². The fourth-order valence-corrected chi connectivity index (χ4v) is 3.45. The van der Waals surface area contributed by atoms with Crippen LogP contribution in [0.3, 0.4) is 0 Å². The molecule has 5 nitrogen and oxygen atoms in total. The molecule has 1 saturated carbocycles. The maximum absolute atomic E-state index is 11.7. The molecule has 19 heavy (non-hydrogen) atoms. The van der Waals surface area contributed by atoms with Crippen molar-refractivity contribution in [3.8, 4) is 0 Å². The summed E-state index contributed by atoms with van der Waals surface area (Å²) in [6, 6.07) is 0. The Morgan fingerprint density at radius 2 is 1.95 bits per heavy atom. The number of aliphatic imine (C=N–C) groups is 1. The molecule has 108 valence electrons. The van der Waals surface area contributed by atoms with Crippen LogP contribution in [0.5, 0.6) is 0 Å². The smallest absolute Gasteiger partial charge is 0.328 e. The zero-order valence-electron chi connectivity index (χ0n) is 12.4. The second-order valence-corrected chi connectivity index (χ2v) is 6.25. The second kappa shape index (κ2) is 4.47. The number of ether oxygens (including phenoxy) is 3. The van der Waals surface area contributed by atoms with Crippen LogP contribution in [0.2, 0.25) is 0 Å². The molecule has 2 rings (SSSR count). The molecule has 1 heterocycles. The lowest BCUT2D eigenvalue weighted by Gasteiger charge is -2.48. The van der Waals surface area contributed by atoms with Crippen LogP contribution in [-0.2, 0) is 19.0 Å². The first-order chi connectivity index (χ1) is 8.83. The Kier molecular flexibility index (Phi) is 3.37. The molecule has 1 aliphatic heterocycles. The molecule has 0 unspecified atom stereocenters. The second-order valence-electron chi connectivity index (χ2n) is 6.25. The van der Waals surface area contributed by atoms with Gasteiger partial charge in [-0.2, -0.15) is 0 Å². The first-order valence-electron chi connectivity index (χ1n) is 6.63. The molecule has 0 N–H and O–H groups in total. The van der Waals surface area contributed by atoms with Crippen LogP contribution >= 0.6 is 0 Å². The molecule has 0 radical (unpaired) electrons. The van der Waals surface area contributed by atoms with Crippen LogP contribution in [0, 0.1) is 10.8 Å². The van der Waals surface area contributed by atoms with E-state index in [-0.39, 0.29) is 23.3 Å². The average Bonchev–Trinajstić information content (AvgIpc) is 2.53. The number of rotatable bonds is 2. The van der Waals surface area contributed by atoms with E-state index in [1.807, 2.05) is 0 Å². The molecule has 5 heteroatoms. The van der Waals surface area contributed by atoms with Crippen molar-refractivity contribution in [2.75, 3.05) is 27.4 Å². The number of carbonyl (C=O) groups excluding carboxylic acids is 1. The van der Waals surface area contributed by atoms with E-state index in [4.69, 9.17) is 14.2 Å². The molecule has 1 aliphatic carbocycles. The lowest BCUT2D eigenvalue weighted by Crippen LogP contribution is -2.58. The predicted octanol–water partition coefficient (Wildman–Crippen LogP) is 1.80. The van der Waals surface area contributed by atoms with E-state index in [2.05, 4.69) is 25.8 Å². The van der Waals surface area contributed by atoms with Gasteiger partial charge in [0.1, 0.15) is 6.54 Å². The largest absolute Gasteiger partial charge is 0.481 e. The molecule has 0 aromatic heterocycles. The van der Waals surface area contributed by atoms with Gasteiger partial charge in [0.2, 0.25) is 5.90 Å². The summed E-state index contributed by atoms with van der Waals surface area (Å²) in [4.78, 5) is 16.0. The molecular weight excluding hydrogens is 246 g/mol. The number of hydrogen-bond acceptors (Lipinski definition) is 5. The van der Waals surface area contributed by atoms with E-state index in [0.717, 1.165) is 12.8 Å². The Labute approximate surface area is 114 Å². The van der Waals surface area contributed by atoms with Crippen LogP contribution in [0.25, 0.3) is 0 Å². The third kappa shape index (κ3) is 1.78. The van der Waals surface area contributed by atoms with Crippen molar-refractivity contribution in [2.24, 2.45) is 15.8 Å². The maximum atomic E-state index is 11.7. The van der Waals surface area contributed by atoms with Gasteiger partial charge in [-0.1, -0.05) is 20.8 Å². The molecule has 0 amide bonds. The topological polar surface area (TPSA) is 57.1 Å². The lowest BCUT2D eigenvalue weighted by atomic mass is 9.64. The number of esters is 1. The molecule has 1 fully saturated rings.